The quantitative estimate of drug-likeness (QED) is 0.769. The molecule has 0 amide bonds. The molecule has 0 saturated carbocycles. The maximum absolute atomic E-state index is 10.0. The van der Waals surface area contributed by atoms with Crippen LogP contribution in [0.5, 0.6) is 5.75 Å². The molecule has 3 aromatic rings. The molecule has 2 heterocycles. The van der Waals surface area contributed by atoms with Crippen LogP contribution in [-0.4, -0.2) is 19.7 Å². The zero-order valence-electron chi connectivity index (χ0n) is 14.0. The number of phenols is 1. The molecular formula is C18H22N4O. The summed E-state index contributed by atoms with van der Waals surface area (Å²) in [6.07, 6.45) is 0.861. The first-order valence-electron chi connectivity index (χ1n) is 7.91. The number of hydrogen-bond acceptors (Lipinski definition) is 4. The van der Waals surface area contributed by atoms with Crippen molar-refractivity contribution in [1.82, 2.24) is 14.6 Å². The maximum atomic E-state index is 10.0. The van der Waals surface area contributed by atoms with Crippen molar-refractivity contribution in [1.29, 1.82) is 0 Å². The topological polar surface area (TPSA) is 62.5 Å². The number of para-hydroxylation sites is 1. The van der Waals surface area contributed by atoms with Gasteiger partial charge in [-0.05, 0) is 33.3 Å². The minimum Gasteiger partial charge on any atom is -0.508 e. The Bertz CT molecular complexity index is 854. The van der Waals surface area contributed by atoms with Crippen LogP contribution >= 0.6 is 0 Å². The molecule has 0 bridgehead atoms. The van der Waals surface area contributed by atoms with Gasteiger partial charge in [0.25, 0.3) is 0 Å². The predicted molar refractivity (Wildman–Crippen MR) is 92.0 cm³/mol. The van der Waals surface area contributed by atoms with Crippen LogP contribution < -0.4 is 5.32 Å². The Hall–Kier alpha value is -2.56. The van der Waals surface area contributed by atoms with Crippen LogP contribution in [0.2, 0.25) is 0 Å². The van der Waals surface area contributed by atoms with Crippen molar-refractivity contribution in [2.45, 2.75) is 40.2 Å². The van der Waals surface area contributed by atoms with Crippen molar-refractivity contribution in [2.24, 2.45) is 0 Å². The van der Waals surface area contributed by atoms with Gasteiger partial charge in [-0.2, -0.15) is 9.61 Å². The van der Waals surface area contributed by atoms with Gasteiger partial charge in [-0.25, -0.2) is 4.98 Å². The lowest BCUT2D eigenvalue weighted by molar-refractivity contribution is 0.465. The van der Waals surface area contributed by atoms with E-state index in [4.69, 9.17) is 0 Å². The Labute approximate surface area is 136 Å². The molecule has 3 rings (SSSR count). The van der Waals surface area contributed by atoms with Gasteiger partial charge in [-0.15, -0.1) is 0 Å². The Morgan fingerprint density at radius 3 is 2.70 bits per heavy atom. The Morgan fingerprint density at radius 1 is 1.26 bits per heavy atom. The highest BCUT2D eigenvalue weighted by Gasteiger charge is 2.15. The second-order valence-electron chi connectivity index (χ2n) is 5.86. The Morgan fingerprint density at radius 2 is 2.00 bits per heavy atom. The van der Waals surface area contributed by atoms with Crippen molar-refractivity contribution in [3.63, 3.8) is 0 Å². The standard InChI is InChI=1S/C18H22N4O/c1-5-14-10-17(22-18(20-14)11(2)12(3)21-22)19-13(4)15-8-6-7-9-16(15)23/h6-10,13,19,23H,5H2,1-4H3/t13-/m0/s1. The van der Waals surface area contributed by atoms with E-state index in [0.29, 0.717) is 5.75 Å². The van der Waals surface area contributed by atoms with Crippen molar-refractivity contribution in [2.75, 3.05) is 5.32 Å². The first-order chi connectivity index (χ1) is 11.0. The summed E-state index contributed by atoms with van der Waals surface area (Å²) in [5.41, 5.74) is 4.83. The predicted octanol–water partition coefficient (Wildman–Crippen LogP) is 3.79. The molecule has 0 saturated heterocycles. The van der Waals surface area contributed by atoms with Gasteiger partial charge >= 0.3 is 0 Å². The molecule has 1 atom stereocenters. The maximum Gasteiger partial charge on any atom is 0.160 e. The summed E-state index contributed by atoms with van der Waals surface area (Å²) in [5, 5.41) is 18.1. The molecule has 0 aliphatic rings. The summed E-state index contributed by atoms with van der Waals surface area (Å²) < 4.78 is 1.85. The normalized spacial score (nSPS) is 12.5. The van der Waals surface area contributed by atoms with E-state index in [1.165, 1.54) is 0 Å². The average molecular weight is 310 g/mol. The number of aryl methyl sites for hydroxylation is 3. The van der Waals surface area contributed by atoms with E-state index in [0.717, 1.165) is 40.4 Å². The van der Waals surface area contributed by atoms with E-state index >= 15 is 0 Å². The second kappa shape index (κ2) is 5.91. The number of phenolic OH excluding ortho intramolecular Hbond substituents is 1. The molecule has 5 nitrogen and oxygen atoms in total. The zero-order chi connectivity index (χ0) is 16.6. The fourth-order valence-electron chi connectivity index (χ4n) is 2.72. The molecule has 1 aromatic carbocycles. The number of fused-ring (bicyclic) bond motifs is 1. The van der Waals surface area contributed by atoms with E-state index in [-0.39, 0.29) is 6.04 Å². The van der Waals surface area contributed by atoms with Gasteiger partial charge in [0, 0.05) is 22.9 Å². The number of benzene rings is 1. The lowest BCUT2D eigenvalue weighted by atomic mass is 10.1. The minimum atomic E-state index is -0.0451. The lowest BCUT2D eigenvalue weighted by Gasteiger charge is -2.18. The zero-order valence-corrected chi connectivity index (χ0v) is 14.0. The van der Waals surface area contributed by atoms with Gasteiger partial charge in [0.05, 0.1) is 11.7 Å². The molecule has 0 spiro atoms. The van der Waals surface area contributed by atoms with Crippen LogP contribution in [0.15, 0.2) is 30.3 Å². The van der Waals surface area contributed by atoms with E-state index in [1.807, 2.05) is 49.6 Å². The van der Waals surface area contributed by atoms with Gasteiger partial charge in [0.2, 0.25) is 0 Å². The fourth-order valence-corrected chi connectivity index (χ4v) is 2.72. The van der Waals surface area contributed by atoms with Crippen LogP contribution in [-0.2, 0) is 6.42 Å². The van der Waals surface area contributed by atoms with Crippen molar-refractivity contribution in [3.05, 3.63) is 52.8 Å². The van der Waals surface area contributed by atoms with E-state index in [1.54, 1.807) is 6.07 Å². The first kappa shape index (κ1) is 15.3. The highest BCUT2D eigenvalue weighted by atomic mass is 16.3. The lowest BCUT2D eigenvalue weighted by Crippen LogP contribution is -2.12. The molecule has 23 heavy (non-hydrogen) atoms. The minimum absolute atomic E-state index is 0.0451. The van der Waals surface area contributed by atoms with Crippen molar-refractivity contribution < 1.29 is 5.11 Å². The number of aromatic nitrogens is 3. The van der Waals surface area contributed by atoms with Gasteiger partial charge in [0.1, 0.15) is 11.6 Å². The molecule has 0 aliphatic heterocycles. The molecule has 2 aromatic heterocycles. The summed E-state index contributed by atoms with van der Waals surface area (Å²) in [7, 11) is 0. The summed E-state index contributed by atoms with van der Waals surface area (Å²) in [6, 6.07) is 9.35. The third-order valence-corrected chi connectivity index (χ3v) is 4.24. The molecule has 2 N–H and O–H groups in total. The first-order valence-corrected chi connectivity index (χ1v) is 7.91. The van der Waals surface area contributed by atoms with E-state index in [9.17, 15) is 5.11 Å². The SMILES string of the molecule is CCc1cc(N[C@@H](C)c2ccccc2O)n2nc(C)c(C)c2n1. The molecule has 5 heteroatoms. The average Bonchev–Trinajstić information content (AvgIpc) is 2.83. The van der Waals surface area contributed by atoms with Crippen LogP contribution in [0.3, 0.4) is 0 Å². The summed E-state index contributed by atoms with van der Waals surface area (Å²) >= 11 is 0. The number of hydrogen-bond donors (Lipinski definition) is 2. The number of aromatic hydroxyl groups is 1. The van der Waals surface area contributed by atoms with Gasteiger partial charge < -0.3 is 10.4 Å². The van der Waals surface area contributed by atoms with E-state index < -0.39 is 0 Å². The van der Waals surface area contributed by atoms with E-state index in [2.05, 4.69) is 22.3 Å². The van der Waals surface area contributed by atoms with Crippen LogP contribution in [0.25, 0.3) is 5.65 Å². The number of nitrogens with one attached hydrogen (secondary N) is 1. The highest BCUT2D eigenvalue weighted by Crippen LogP contribution is 2.27. The third-order valence-electron chi connectivity index (χ3n) is 4.24. The number of nitrogens with zero attached hydrogens (tertiary/aromatic N) is 3. The van der Waals surface area contributed by atoms with Gasteiger partial charge in [-0.3, -0.25) is 0 Å². The third kappa shape index (κ3) is 2.74. The van der Waals surface area contributed by atoms with Crippen LogP contribution in [0, 0.1) is 13.8 Å². The molecule has 0 unspecified atom stereocenters. The van der Waals surface area contributed by atoms with Crippen molar-refractivity contribution >= 4 is 11.5 Å². The monoisotopic (exact) mass is 310 g/mol. The number of rotatable bonds is 4. The summed E-state index contributed by atoms with van der Waals surface area (Å²) in [6.45, 7) is 8.15. The fraction of sp³-hybridized carbons (Fsp3) is 0.333. The molecule has 0 fully saturated rings. The molecule has 120 valence electrons. The number of anilines is 1. The Balaban J connectivity index is 2.05. The second-order valence-corrected chi connectivity index (χ2v) is 5.86. The smallest absolute Gasteiger partial charge is 0.160 e. The van der Waals surface area contributed by atoms with Crippen LogP contribution in [0.4, 0.5) is 5.82 Å². The summed E-state index contributed by atoms with van der Waals surface area (Å²) in [4.78, 5) is 4.68. The Kier molecular flexibility index (Phi) is 3.94. The molecular weight excluding hydrogens is 288 g/mol. The van der Waals surface area contributed by atoms with Crippen molar-refractivity contribution in [3.8, 4) is 5.75 Å². The van der Waals surface area contributed by atoms with Crippen LogP contribution in [0.1, 0.15) is 42.4 Å². The van der Waals surface area contributed by atoms with Gasteiger partial charge in [-0.1, -0.05) is 25.1 Å². The summed E-state index contributed by atoms with van der Waals surface area (Å²) in [5.74, 6) is 1.18. The molecule has 0 aliphatic carbocycles. The largest absolute Gasteiger partial charge is 0.508 e. The highest BCUT2D eigenvalue weighted by molar-refractivity contribution is 5.56. The molecule has 0 radical (unpaired) electrons. The van der Waals surface area contributed by atoms with Gasteiger partial charge in [0.15, 0.2) is 5.65 Å².